The summed E-state index contributed by atoms with van der Waals surface area (Å²) in [5, 5.41) is 9.24. The Balaban J connectivity index is 2.26. The molecule has 0 aliphatic carbocycles. The smallest absolute Gasteiger partial charge is 0.304 e. The van der Waals surface area contributed by atoms with Crippen LogP contribution < -0.4 is 4.74 Å². The normalized spacial score (nSPS) is 10.5. The van der Waals surface area contributed by atoms with Crippen molar-refractivity contribution in [2.24, 2.45) is 0 Å². The van der Waals surface area contributed by atoms with Crippen LogP contribution in [-0.4, -0.2) is 67.1 Å². The van der Waals surface area contributed by atoms with E-state index in [1.54, 1.807) is 48.2 Å². The fraction of sp³-hybridized carbons (Fsp3) is 0.467. The van der Waals surface area contributed by atoms with E-state index in [2.05, 4.69) is 0 Å². The predicted molar refractivity (Wildman–Crippen MR) is 84.3 cm³/mol. The van der Waals surface area contributed by atoms with Crippen molar-refractivity contribution in [1.29, 1.82) is 0 Å². The number of rotatable bonds is 9. The van der Waals surface area contributed by atoms with Gasteiger partial charge >= 0.3 is 5.97 Å². The lowest BCUT2D eigenvalue weighted by molar-refractivity contribution is -0.138. The first-order chi connectivity index (χ1) is 10.4. The molecule has 7 heteroatoms. The Morgan fingerprint density at radius 1 is 1.18 bits per heavy atom. The molecule has 1 amide bonds. The molecule has 0 bridgehead atoms. The highest BCUT2D eigenvalue weighted by Gasteiger charge is 2.12. The highest BCUT2D eigenvalue weighted by Crippen LogP contribution is 2.15. The Morgan fingerprint density at radius 3 is 2.41 bits per heavy atom. The molecular weight excluding hydrogens is 308 g/mol. The van der Waals surface area contributed by atoms with Crippen LogP contribution in [0.1, 0.15) is 6.42 Å². The van der Waals surface area contributed by atoms with E-state index in [-0.39, 0.29) is 18.9 Å². The van der Waals surface area contributed by atoms with Gasteiger partial charge in [0.1, 0.15) is 12.4 Å². The van der Waals surface area contributed by atoms with E-state index >= 15 is 0 Å². The minimum absolute atomic E-state index is 0.0210. The molecule has 0 aromatic heterocycles. The van der Waals surface area contributed by atoms with Crippen LogP contribution in [0.3, 0.4) is 0 Å². The summed E-state index contributed by atoms with van der Waals surface area (Å²) >= 11 is 5.78. The number of nitrogens with zero attached hydrogens (tertiary/aromatic N) is 2. The van der Waals surface area contributed by atoms with Gasteiger partial charge < -0.3 is 14.7 Å². The predicted octanol–water partition coefficient (Wildman–Crippen LogP) is 1.58. The van der Waals surface area contributed by atoms with Gasteiger partial charge in [0, 0.05) is 18.6 Å². The molecule has 0 saturated heterocycles. The Morgan fingerprint density at radius 2 is 1.82 bits per heavy atom. The third-order valence-electron chi connectivity index (χ3n) is 3.05. The second-order valence-corrected chi connectivity index (χ2v) is 5.44. The van der Waals surface area contributed by atoms with Gasteiger partial charge in [-0.1, -0.05) is 11.6 Å². The van der Waals surface area contributed by atoms with Crippen molar-refractivity contribution in [3.8, 4) is 5.75 Å². The molecule has 0 aliphatic rings. The summed E-state index contributed by atoms with van der Waals surface area (Å²) in [6.07, 6.45) is 0.0210. The number of carboxylic acids is 1. The molecule has 0 radical (unpaired) electrons. The molecule has 6 nitrogen and oxygen atoms in total. The Labute approximate surface area is 135 Å². The summed E-state index contributed by atoms with van der Waals surface area (Å²) in [7, 11) is 3.41. The number of carbonyl (C=O) groups is 2. The second-order valence-electron chi connectivity index (χ2n) is 5.00. The largest absolute Gasteiger partial charge is 0.492 e. The molecule has 0 fully saturated rings. The summed E-state index contributed by atoms with van der Waals surface area (Å²) in [5.74, 6) is -0.250. The fourth-order valence-corrected chi connectivity index (χ4v) is 1.80. The molecule has 0 unspecified atom stereocenters. The van der Waals surface area contributed by atoms with Gasteiger partial charge in [0.05, 0.1) is 19.5 Å². The van der Waals surface area contributed by atoms with Gasteiger partial charge in [0.15, 0.2) is 0 Å². The minimum atomic E-state index is -0.871. The van der Waals surface area contributed by atoms with Crippen molar-refractivity contribution in [3.05, 3.63) is 29.3 Å². The number of ether oxygens (including phenoxy) is 1. The average molecular weight is 329 g/mol. The molecule has 1 aromatic carbocycles. The molecule has 1 aromatic rings. The summed E-state index contributed by atoms with van der Waals surface area (Å²) in [5.41, 5.74) is 0. The number of aliphatic carboxylic acids is 1. The zero-order valence-electron chi connectivity index (χ0n) is 12.8. The minimum Gasteiger partial charge on any atom is -0.492 e. The van der Waals surface area contributed by atoms with Crippen molar-refractivity contribution in [3.63, 3.8) is 0 Å². The first-order valence-electron chi connectivity index (χ1n) is 6.91. The lowest BCUT2D eigenvalue weighted by atomic mass is 10.3. The van der Waals surface area contributed by atoms with Crippen LogP contribution in [-0.2, 0) is 9.59 Å². The average Bonchev–Trinajstić information content (AvgIpc) is 2.47. The van der Waals surface area contributed by atoms with E-state index in [9.17, 15) is 9.59 Å². The quantitative estimate of drug-likeness (QED) is 0.745. The number of amides is 1. The number of hydrogen-bond acceptors (Lipinski definition) is 4. The molecule has 0 aliphatic heterocycles. The SMILES string of the molecule is CN(CCC(=O)O)CC(=O)N(C)CCOc1ccc(Cl)cc1. The third kappa shape index (κ3) is 7.28. The molecular formula is C15H21ClN2O4. The summed E-state index contributed by atoms with van der Waals surface area (Å²) in [4.78, 5) is 25.7. The summed E-state index contributed by atoms with van der Waals surface area (Å²) < 4.78 is 5.52. The Kier molecular flexibility index (Phi) is 7.70. The van der Waals surface area contributed by atoms with Crippen LogP contribution in [0.4, 0.5) is 0 Å². The molecule has 1 N–H and O–H groups in total. The maximum absolute atomic E-state index is 11.9. The van der Waals surface area contributed by atoms with Crippen LogP contribution in [0, 0.1) is 0 Å². The fourth-order valence-electron chi connectivity index (χ4n) is 1.67. The number of carbonyl (C=O) groups excluding carboxylic acids is 1. The molecule has 0 heterocycles. The monoisotopic (exact) mass is 328 g/mol. The second kappa shape index (κ2) is 9.27. The zero-order chi connectivity index (χ0) is 16.5. The number of benzene rings is 1. The number of halogens is 1. The van der Waals surface area contributed by atoms with Gasteiger partial charge in [0.25, 0.3) is 0 Å². The Hall–Kier alpha value is -1.79. The maximum Gasteiger partial charge on any atom is 0.304 e. The van der Waals surface area contributed by atoms with Crippen LogP contribution in [0.2, 0.25) is 5.02 Å². The van der Waals surface area contributed by atoms with Gasteiger partial charge in [0.2, 0.25) is 5.91 Å². The highest BCUT2D eigenvalue weighted by atomic mass is 35.5. The van der Waals surface area contributed by atoms with E-state index in [4.69, 9.17) is 21.4 Å². The molecule has 0 spiro atoms. The van der Waals surface area contributed by atoms with Crippen molar-refractivity contribution in [2.45, 2.75) is 6.42 Å². The Bertz CT molecular complexity index is 493. The molecule has 0 saturated carbocycles. The van der Waals surface area contributed by atoms with Gasteiger partial charge in [-0.2, -0.15) is 0 Å². The van der Waals surface area contributed by atoms with Gasteiger partial charge in [-0.05, 0) is 31.3 Å². The van der Waals surface area contributed by atoms with Crippen LogP contribution in [0.15, 0.2) is 24.3 Å². The standard InChI is InChI=1S/C15H21ClN2O4/c1-17(8-7-15(20)21)11-14(19)18(2)9-10-22-13-5-3-12(16)4-6-13/h3-6H,7-11H2,1-2H3,(H,20,21). The lowest BCUT2D eigenvalue weighted by Crippen LogP contribution is -2.39. The van der Waals surface area contributed by atoms with Crippen molar-refractivity contribution < 1.29 is 19.4 Å². The van der Waals surface area contributed by atoms with Crippen LogP contribution in [0.25, 0.3) is 0 Å². The first-order valence-corrected chi connectivity index (χ1v) is 7.29. The van der Waals surface area contributed by atoms with E-state index < -0.39 is 5.97 Å². The topological polar surface area (TPSA) is 70.1 Å². The van der Waals surface area contributed by atoms with E-state index in [0.717, 1.165) is 0 Å². The molecule has 22 heavy (non-hydrogen) atoms. The number of hydrogen-bond donors (Lipinski definition) is 1. The third-order valence-corrected chi connectivity index (χ3v) is 3.30. The molecule has 122 valence electrons. The van der Waals surface area contributed by atoms with E-state index in [0.29, 0.717) is 30.5 Å². The van der Waals surface area contributed by atoms with Gasteiger partial charge in [-0.3, -0.25) is 14.5 Å². The number of carboxylic acid groups (broad SMARTS) is 1. The van der Waals surface area contributed by atoms with Crippen molar-refractivity contribution in [2.75, 3.05) is 40.3 Å². The molecule has 1 rings (SSSR count). The zero-order valence-corrected chi connectivity index (χ0v) is 13.5. The van der Waals surface area contributed by atoms with Crippen LogP contribution in [0.5, 0.6) is 5.75 Å². The van der Waals surface area contributed by atoms with Crippen molar-refractivity contribution >= 4 is 23.5 Å². The number of likely N-dealkylation sites (N-methyl/N-ethyl adjacent to an activating group) is 2. The van der Waals surface area contributed by atoms with Gasteiger partial charge in [-0.15, -0.1) is 0 Å². The van der Waals surface area contributed by atoms with E-state index in [1.165, 1.54) is 0 Å². The summed E-state index contributed by atoms with van der Waals surface area (Å²) in [6, 6.07) is 7.01. The van der Waals surface area contributed by atoms with Crippen LogP contribution >= 0.6 is 11.6 Å². The van der Waals surface area contributed by atoms with Crippen molar-refractivity contribution in [1.82, 2.24) is 9.80 Å². The first kappa shape index (κ1) is 18.3. The molecule has 0 atom stereocenters. The van der Waals surface area contributed by atoms with Gasteiger partial charge in [-0.25, -0.2) is 0 Å². The maximum atomic E-state index is 11.9. The highest BCUT2D eigenvalue weighted by molar-refractivity contribution is 6.30. The van der Waals surface area contributed by atoms with E-state index in [1.807, 2.05) is 0 Å². The summed E-state index contributed by atoms with van der Waals surface area (Å²) in [6.45, 7) is 1.36. The lowest BCUT2D eigenvalue weighted by Gasteiger charge is -2.21.